The quantitative estimate of drug-likeness (QED) is 0.451. The van der Waals surface area contributed by atoms with Gasteiger partial charge in [-0.2, -0.15) is 0 Å². The van der Waals surface area contributed by atoms with E-state index in [-0.39, 0.29) is 12.2 Å². The van der Waals surface area contributed by atoms with Crippen molar-refractivity contribution in [3.05, 3.63) is 39.4 Å². The van der Waals surface area contributed by atoms with Crippen LogP contribution in [-0.2, 0) is 9.08 Å². The number of benzene rings is 1. The number of carbonyl (C=O) groups is 1. The summed E-state index contributed by atoms with van der Waals surface area (Å²) in [6, 6.07) is 5.84. The van der Waals surface area contributed by atoms with E-state index < -0.39 is 4.92 Å². The van der Waals surface area contributed by atoms with E-state index in [0.717, 1.165) is 0 Å². The molecule has 1 aromatic rings. The maximum Gasteiger partial charge on any atom is 0.312 e. The van der Waals surface area contributed by atoms with Crippen LogP contribution in [0.4, 0.5) is 5.69 Å². The predicted molar refractivity (Wildman–Crippen MR) is 51.1 cm³/mol. The average Bonchev–Trinajstić information content (AvgIpc) is 2.18. The molecule has 5 nitrogen and oxygen atoms in total. The van der Waals surface area contributed by atoms with E-state index in [4.69, 9.17) is 16.4 Å². The average molecular weight is 238 g/mol. The van der Waals surface area contributed by atoms with Crippen molar-refractivity contribution in [3.63, 3.8) is 0 Å². The van der Waals surface area contributed by atoms with Gasteiger partial charge in [0.25, 0.3) is 5.69 Å². The summed E-state index contributed by atoms with van der Waals surface area (Å²) in [5.41, 5.74) is 0.0208. The summed E-state index contributed by atoms with van der Waals surface area (Å²) in [5, 5.41) is 10.5. The van der Waals surface area contributed by atoms with Gasteiger partial charge in [-0.25, -0.2) is 0 Å². The Hall–Kier alpha value is -1.33. The van der Waals surface area contributed by atoms with Crippen molar-refractivity contribution < 1.29 is 14.0 Å². The number of hydrogen-bond donors (Lipinski definition) is 0. The maximum absolute atomic E-state index is 10.1. The van der Waals surface area contributed by atoms with E-state index in [9.17, 15) is 10.1 Å². The van der Waals surface area contributed by atoms with Crippen LogP contribution in [0.15, 0.2) is 24.3 Å². The molecule has 0 N–H and O–H groups in total. The zero-order chi connectivity index (χ0) is 11.0. The first-order valence-electron chi connectivity index (χ1n) is 3.22. The molecule has 0 aromatic heterocycles. The van der Waals surface area contributed by atoms with E-state index in [1.54, 1.807) is 12.1 Å². The van der Waals surface area contributed by atoms with E-state index in [0.29, 0.717) is 5.02 Å². The van der Waals surface area contributed by atoms with Crippen molar-refractivity contribution in [2.75, 3.05) is 0 Å². The van der Waals surface area contributed by atoms with Crippen LogP contribution in [0, 0.1) is 10.1 Å². The first-order chi connectivity index (χ1) is 6.61. The topological polar surface area (TPSA) is 69.4 Å². The number of halogens is 2. The largest absolute Gasteiger partial charge is 0.350 e. The Morgan fingerprint density at radius 1 is 1.50 bits per heavy atom. The molecule has 0 spiro atoms. The van der Waals surface area contributed by atoms with Gasteiger partial charge in [-0.05, 0) is 6.07 Å². The van der Waals surface area contributed by atoms with Crippen molar-refractivity contribution in [2.45, 2.75) is 0 Å². The number of nitro benzene ring substituents is 1. The molecule has 7 heteroatoms. The molecule has 1 aromatic carbocycles. The van der Waals surface area contributed by atoms with E-state index >= 15 is 0 Å². The molecule has 0 saturated heterocycles. The Bertz CT molecular complexity index is 318. The Morgan fingerprint density at radius 2 is 2.07 bits per heavy atom. The molecular weight excluding hydrogens is 233 g/mol. The van der Waals surface area contributed by atoms with Gasteiger partial charge in [0.15, 0.2) is 0 Å². The van der Waals surface area contributed by atoms with Gasteiger partial charge in [0.1, 0.15) is 11.9 Å². The summed E-state index contributed by atoms with van der Waals surface area (Å²) in [7, 11) is 0. The molecular formula is C7H5Cl2NO4. The Labute approximate surface area is 89.5 Å². The minimum absolute atomic E-state index is 0.0208. The van der Waals surface area contributed by atoms with E-state index in [1.807, 2.05) is 0 Å². The molecule has 0 fully saturated rings. The molecule has 0 bridgehead atoms. The lowest BCUT2D eigenvalue weighted by Gasteiger charge is -1.89. The fraction of sp³-hybridized carbons (Fsp3) is 0. The highest BCUT2D eigenvalue weighted by molar-refractivity contribution is 6.30. The van der Waals surface area contributed by atoms with Crippen LogP contribution in [0.25, 0.3) is 0 Å². The molecule has 0 amide bonds. The van der Waals surface area contributed by atoms with Crippen LogP contribution >= 0.6 is 23.5 Å². The highest BCUT2D eigenvalue weighted by atomic mass is 35.5. The van der Waals surface area contributed by atoms with Gasteiger partial charge in [0.2, 0.25) is 0 Å². The smallest absolute Gasteiger partial charge is 0.312 e. The van der Waals surface area contributed by atoms with E-state index in [2.05, 4.69) is 16.2 Å². The summed E-state index contributed by atoms with van der Waals surface area (Å²) in [4.78, 5) is 18.4. The van der Waals surface area contributed by atoms with E-state index in [1.165, 1.54) is 12.1 Å². The number of non-ortho nitro benzene ring substituents is 1. The summed E-state index contributed by atoms with van der Waals surface area (Å²) in [6.45, 7) is 0.140. The molecule has 0 radical (unpaired) electrons. The normalized spacial score (nSPS) is 8.14. The zero-order valence-corrected chi connectivity index (χ0v) is 8.23. The zero-order valence-electron chi connectivity index (χ0n) is 6.72. The van der Waals surface area contributed by atoms with Crippen molar-refractivity contribution in [3.8, 4) is 0 Å². The van der Waals surface area contributed by atoms with Crippen molar-refractivity contribution >= 4 is 35.6 Å². The monoisotopic (exact) mass is 237 g/mol. The molecule has 76 valence electrons. The highest BCUT2D eigenvalue weighted by Gasteiger charge is 2.02. The highest BCUT2D eigenvalue weighted by Crippen LogP contribution is 2.16. The lowest BCUT2D eigenvalue weighted by atomic mass is 10.3. The summed E-state index contributed by atoms with van der Waals surface area (Å²) < 4.78 is 3.33. The molecule has 0 saturated carbocycles. The fourth-order valence-corrected chi connectivity index (χ4v) is 0.774. The molecule has 0 aliphatic rings. The minimum Gasteiger partial charge on any atom is -0.350 e. The number of nitro groups is 1. The molecule has 0 aliphatic carbocycles. The molecule has 1 rings (SSSR count). The van der Waals surface area contributed by atoms with Gasteiger partial charge in [-0.3, -0.25) is 14.9 Å². The Balaban J connectivity index is 0.000000364. The summed E-state index contributed by atoms with van der Waals surface area (Å²) in [6.07, 6.45) is 0. The van der Waals surface area contributed by atoms with Crippen LogP contribution in [-0.4, -0.2) is 11.4 Å². The molecule has 0 unspecified atom stereocenters. The second-order valence-corrected chi connectivity index (χ2v) is 2.54. The van der Waals surface area contributed by atoms with Gasteiger partial charge in [0.05, 0.1) is 4.92 Å². The van der Waals surface area contributed by atoms with Gasteiger partial charge >= 0.3 is 6.47 Å². The molecule has 14 heavy (non-hydrogen) atoms. The fourth-order valence-electron chi connectivity index (χ4n) is 0.590. The summed E-state index contributed by atoms with van der Waals surface area (Å²) >= 11 is 9.80. The SMILES string of the molecule is O=COCl.O=[N+]([O-])c1cccc(Cl)c1. The second kappa shape index (κ2) is 7.11. The lowest BCUT2D eigenvalue weighted by Crippen LogP contribution is -1.85. The summed E-state index contributed by atoms with van der Waals surface area (Å²) in [5.74, 6) is 0. The van der Waals surface area contributed by atoms with Gasteiger partial charge in [-0.1, -0.05) is 17.7 Å². The van der Waals surface area contributed by atoms with Gasteiger partial charge in [0, 0.05) is 17.2 Å². The first-order valence-corrected chi connectivity index (χ1v) is 3.91. The lowest BCUT2D eigenvalue weighted by molar-refractivity contribution is -0.384. The third-order valence-corrected chi connectivity index (χ3v) is 1.36. The maximum atomic E-state index is 10.1. The molecule has 0 atom stereocenters. The predicted octanol–water partition coefficient (Wildman–Crippen LogP) is 2.56. The van der Waals surface area contributed by atoms with Crippen LogP contribution < -0.4 is 0 Å². The second-order valence-electron chi connectivity index (χ2n) is 1.92. The van der Waals surface area contributed by atoms with Crippen molar-refractivity contribution in [1.82, 2.24) is 0 Å². The number of hydrogen-bond acceptors (Lipinski definition) is 4. The van der Waals surface area contributed by atoms with Crippen molar-refractivity contribution in [2.24, 2.45) is 0 Å². The standard InChI is InChI=1S/C6H4ClNO2.CHClO2/c7-5-2-1-3-6(4-5)8(9)10;2-4-1-3/h1-4H;1H. The molecule has 0 heterocycles. The first kappa shape index (κ1) is 12.7. The van der Waals surface area contributed by atoms with Crippen LogP contribution in [0.1, 0.15) is 0 Å². The Morgan fingerprint density at radius 3 is 2.36 bits per heavy atom. The van der Waals surface area contributed by atoms with Crippen LogP contribution in [0.5, 0.6) is 0 Å². The van der Waals surface area contributed by atoms with Gasteiger partial charge < -0.3 is 4.29 Å². The number of rotatable bonds is 2. The third kappa shape index (κ3) is 5.34. The Kier molecular flexibility index (Phi) is 6.43. The number of carbonyl (C=O) groups excluding carboxylic acids is 1. The minimum atomic E-state index is -0.480. The molecule has 0 aliphatic heterocycles. The third-order valence-electron chi connectivity index (χ3n) is 1.06. The van der Waals surface area contributed by atoms with Crippen LogP contribution in [0.2, 0.25) is 5.02 Å². The van der Waals surface area contributed by atoms with Crippen LogP contribution in [0.3, 0.4) is 0 Å². The van der Waals surface area contributed by atoms with Crippen molar-refractivity contribution in [1.29, 1.82) is 0 Å². The number of nitrogens with zero attached hydrogens (tertiary/aromatic N) is 1. The van der Waals surface area contributed by atoms with Gasteiger partial charge in [-0.15, -0.1) is 0 Å².